The number of thiophene rings is 1. The van der Waals surface area contributed by atoms with Crippen molar-refractivity contribution in [1.82, 2.24) is 0 Å². The van der Waals surface area contributed by atoms with Crippen LogP contribution in [-0.2, 0) is 0 Å². The van der Waals surface area contributed by atoms with Gasteiger partial charge < -0.3 is 10.4 Å². The standard InChI is InChI=1S/C13H11NO3S/c1-8-6-9(13(16)17)2-3-11(8)14-12(15)10-4-5-18-7-10/h2-7H,1H3,(H,14,15)(H,16,17). The minimum absolute atomic E-state index is 0.192. The van der Waals surface area contributed by atoms with Crippen LogP contribution < -0.4 is 5.32 Å². The average molecular weight is 261 g/mol. The van der Waals surface area contributed by atoms with Gasteiger partial charge in [-0.05, 0) is 42.1 Å². The van der Waals surface area contributed by atoms with Crippen molar-refractivity contribution in [3.8, 4) is 0 Å². The maximum atomic E-state index is 11.8. The third-order valence-electron chi connectivity index (χ3n) is 2.50. The van der Waals surface area contributed by atoms with E-state index in [0.717, 1.165) is 5.56 Å². The maximum Gasteiger partial charge on any atom is 0.335 e. The van der Waals surface area contributed by atoms with Crippen molar-refractivity contribution in [2.45, 2.75) is 6.92 Å². The largest absolute Gasteiger partial charge is 0.478 e. The van der Waals surface area contributed by atoms with Crippen molar-refractivity contribution in [2.75, 3.05) is 5.32 Å². The van der Waals surface area contributed by atoms with Crippen molar-refractivity contribution in [2.24, 2.45) is 0 Å². The molecule has 0 aliphatic rings. The number of amides is 1. The van der Waals surface area contributed by atoms with E-state index >= 15 is 0 Å². The fourth-order valence-electron chi connectivity index (χ4n) is 1.53. The molecule has 0 bridgehead atoms. The molecule has 0 radical (unpaired) electrons. The Morgan fingerprint density at radius 1 is 1.22 bits per heavy atom. The number of carboxylic acid groups (broad SMARTS) is 1. The van der Waals surface area contributed by atoms with Crippen molar-refractivity contribution >= 4 is 28.9 Å². The molecule has 5 heteroatoms. The van der Waals surface area contributed by atoms with Crippen LogP contribution in [0.3, 0.4) is 0 Å². The summed E-state index contributed by atoms with van der Waals surface area (Å²) in [7, 11) is 0. The molecule has 1 amide bonds. The van der Waals surface area contributed by atoms with Crippen LogP contribution in [0, 0.1) is 6.92 Å². The van der Waals surface area contributed by atoms with Crippen LogP contribution in [-0.4, -0.2) is 17.0 Å². The van der Waals surface area contributed by atoms with Crippen LogP contribution >= 0.6 is 11.3 Å². The fraction of sp³-hybridized carbons (Fsp3) is 0.0769. The van der Waals surface area contributed by atoms with Gasteiger partial charge in [0.25, 0.3) is 5.91 Å². The normalized spacial score (nSPS) is 10.1. The SMILES string of the molecule is Cc1cc(C(=O)O)ccc1NC(=O)c1ccsc1. The summed E-state index contributed by atoms with van der Waals surface area (Å²) in [6, 6.07) is 6.34. The number of hydrogen-bond donors (Lipinski definition) is 2. The highest BCUT2D eigenvalue weighted by atomic mass is 32.1. The van der Waals surface area contributed by atoms with E-state index in [1.807, 2.05) is 5.38 Å². The Morgan fingerprint density at radius 2 is 2.00 bits per heavy atom. The van der Waals surface area contributed by atoms with Gasteiger partial charge in [0.15, 0.2) is 0 Å². The van der Waals surface area contributed by atoms with E-state index in [9.17, 15) is 9.59 Å². The number of aromatic carboxylic acids is 1. The number of anilines is 1. The summed E-state index contributed by atoms with van der Waals surface area (Å²) in [5.74, 6) is -1.17. The minimum atomic E-state index is -0.978. The van der Waals surface area contributed by atoms with E-state index in [1.165, 1.54) is 23.5 Å². The van der Waals surface area contributed by atoms with Crippen LogP contribution in [0.4, 0.5) is 5.69 Å². The van der Waals surface area contributed by atoms with Gasteiger partial charge in [0.2, 0.25) is 0 Å². The first-order valence-electron chi connectivity index (χ1n) is 5.25. The van der Waals surface area contributed by atoms with E-state index in [-0.39, 0.29) is 11.5 Å². The second kappa shape index (κ2) is 5.01. The van der Waals surface area contributed by atoms with Gasteiger partial charge in [0.1, 0.15) is 0 Å². The predicted molar refractivity (Wildman–Crippen MR) is 70.4 cm³/mol. The molecule has 92 valence electrons. The van der Waals surface area contributed by atoms with Gasteiger partial charge >= 0.3 is 5.97 Å². The lowest BCUT2D eigenvalue weighted by molar-refractivity contribution is 0.0696. The van der Waals surface area contributed by atoms with Crippen LogP contribution in [0.1, 0.15) is 26.3 Å². The van der Waals surface area contributed by atoms with Crippen LogP contribution in [0.2, 0.25) is 0 Å². The summed E-state index contributed by atoms with van der Waals surface area (Å²) in [4.78, 5) is 22.6. The molecule has 2 rings (SSSR count). The van der Waals surface area contributed by atoms with Crippen LogP contribution in [0.25, 0.3) is 0 Å². The molecule has 1 aromatic carbocycles. The molecule has 1 aromatic heterocycles. The van der Waals surface area contributed by atoms with E-state index in [1.54, 1.807) is 24.4 Å². The number of carbonyl (C=O) groups excluding carboxylic acids is 1. The predicted octanol–water partition coefficient (Wildman–Crippen LogP) is 3.01. The zero-order valence-electron chi connectivity index (χ0n) is 9.64. The summed E-state index contributed by atoms with van der Waals surface area (Å²) < 4.78 is 0. The Labute approximate surface area is 108 Å². The summed E-state index contributed by atoms with van der Waals surface area (Å²) >= 11 is 1.45. The van der Waals surface area contributed by atoms with Crippen LogP contribution in [0.5, 0.6) is 0 Å². The van der Waals surface area contributed by atoms with Crippen molar-refractivity contribution in [3.63, 3.8) is 0 Å². The number of rotatable bonds is 3. The molecule has 0 fully saturated rings. The highest BCUT2D eigenvalue weighted by Gasteiger charge is 2.10. The summed E-state index contributed by atoms with van der Waals surface area (Å²) in [6.07, 6.45) is 0. The van der Waals surface area contributed by atoms with Crippen molar-refractivity contribution < 1.29 is 14.7 Å². The summed E-state index contributed by atoms with van der Waals surface area (Å²) in [5, 5.41) is 15.2. The van der Waals surface area contributed by atoms with Gasteiger partial charge in [-0.1, -0.05) is 0 Å². The van der Waals surface area contributed by atoms with E-state index < -0.39 is 5.97 Å². The lowest BCUT2D eigenvalue weighted by Gasteiger charge is -2.08. The topological polar surface area (TPSA) is 66.4 Å². The molecular formula is C13H11NO3S. The Kier molecular flexibility index (Phi) is 3.43. The quantitative estimate of drug-likeness (QED) is 0.892. The lowest BCUT2D eigenvalue weighted by Crippen LogP contribution is -2.12. The number of carbonyl (C=O) groups is 2. The first-order chi connectivity index (χ1) is 8.58. The number of hydrogen-bond acceptors (Lipinski definition) is 3. The molecule has 0 aliphatic heterocycles. The van der Waals surface area contributed by atoms with E-state index in [0.29, 0.717) is 11.3 Å². The number of nitrogens with one attached hydrogen (secondary N) is 1. The average Bonchev–Trinajstić information content (AvgIpc) is 2.85. The number of aryl methyl sites for hydroxylation is 1. The number of benzene rings is 1. The first-order valence-corrected chi connectivity index (χ1v) is 6.19. The van der Waals surface area contributed by atoms with Crippen molar-refractivity contribution in [1.29, 1.82) is 0 Å². The van der Waals surface area contributed by atoms with Crippen molar-refractivity contribution in [3.05, 3.63) is 51.7 Å². The monoisotopic (exact) mass is 261 g/mol. The van der Waals surface area contributed by atoms with Gasteiger partial charge in [0.05, 0.1) is 11.1 Å². The highest BCUT2D eigenvalue weighted by Crippen LogP contribution is 2.18. The lowest BCUT2D eigenvalue weighted by atomic mass is 10.1. The molecule has 0 aliphatic carbocycles. The van der Waals surface area contributed by atoms with E-state index in [4.69, 9.17) is 5.11 Å². The zero-order valence-corrected chi connectivity index (χ0v) is 10.5. The minimum Gasteiger partial charge on any atom is -0.478 e. The number of carboxylic acids is 1. The molecule has 0 unspecified atom stereocenters. The van der Waals surface area contributed by atoms with Crippen LogP contribution in [0.15, 0.2) is 35.0 Å². The molecule has 18 heavy (non-hydrogen) atoms. The molecule has 1 heterocycles. The van der Waals surface area contributed by atoms with Gasteiger partial charge in [-0.15, -0.1) is 0 Å². The molecule has 0 spiro atoms. The Bertz CT molecular complexity index is 590. The summed E-state index contributed by atoms with van der Waals surface area (Å²) in [6.45, 7) is 1.76. The molecule has 0 saturated carbocycles. The van der Waals surface area contributed by atoms with Gasteiger partial charge in [0, 0.05) is 11.1 Å². The highest BCUT2D eigenvalue weighted by molar-refractivity contribution is 7.08. The fourth-order valence-corrected chi connectivity index (χ4v) is 2.16. The first kappa shape index (κ1) is 12.3. The smallest absolute Gasteiger partial charge is 0.335 e. The third-order valence-corrected chi connectivity index (χ3v) is 3.19. The molecule has 2 aromatic rings. The molecule has 2 N–H and O–H groups in total. The van der Waals surface area contributed by atoms with Gasteiger partial charge in [-0.25, -0.2) is 4.79 Å². The molecular weight excluding hydrogens is 250 g/mol. The Balaban J connectivity index is 2.20. The second-order valence-electron chi connectivity index (χ2n) is 3.80. The van der Waals surface area contributed by atoms with Gasteiger partial charge in [-0.2, -0.15) is 11.3 Å². The zero-order chi connectivity index (χ0) is 13.1. The maximum absolute atomic E-state index is 11.8. The molecule has 0 atom stereocenters. The molecule has 4 nitrogen and oxygen atoms in total. The third kappa shape index (κ3) is 2.57. The Hall–Kier alpha value is -2.14. The molecule has 0 saturated heterocycles. The Morgan fingerprint density at radius 3 is 2.56 bits per heavy atom. The second-order valence-corrected chi connectivity index (χ2v) is 4.58. The summed E-state index contributed by atoms with van der Waals surface area (Å²) in [5.41, 5.74) is 2.15. The van der Waals surface area contributed by atoms with Gasteiger partial charge in [-0.3, -0.25) is 4.79 Å². The van der Waals surface area contributed by atoms with E-state index in [2.05, 4.69) is 5.32 Å².